The number of carboxylic acid groups (broad SMARTS) is 1. The molecule has 22 heavy (non-hydrogen) atoms. The smallest absolute Gasteiger partial charge is 0.411 e. The van der Waals surface area contributed by atoms with E-state index in [1.165, 1.54) is 18.2 Å². The van der Waals surface area contributed by atoms with Crippen molar-refractivity contribution in [2.24, 2.45) is 0 Å². The van der Waals surface area contributed by atoms with E-state index in [0.29, 0.717) is 0 Å². The second-order valence-electron chi connectivity index (χ2n) is 5.62. The lowest BCUT2D eigenvalue weighted by molar-refractivity contribution is -0.385. The van der Waals surface area contributed by atoms with Crippen molar-refractivity contribution in [2.75, 3.05) is 6.54 Å². The van der Waals surface area contributed by atoms with Gasteiger partial charge in [-0.3, -0.25) is 19.8 Å². The van der Waals surface area contributed by atoms with Crippen molar-refractivity contribution in [3.63, 3.8) is 0 Å². The molecule has 1 N–H and O–H groups in total. The molecule has 0 bridgehead atoms. The van der Waals surface area contributed by atoms with E-state index in [-0.39, 0.29) is 17.8 Å². The summed E-state index contributed by atoms with van der Waals surface area (Å²) >= 11 is 0. The molecule has 0 aliphatic rings. The minimum Gasteiger partial charge on any atom is -0.480 e. The van der Waals surface area contributed by atoms with Gasteiger partial charge in [0.15, 0.2) is 0 Å². The molecule has 1 amide bonds. The van der Waals surface area contributed by atoms with E-state index in [9.17, 15) is 19.7 Å². The first-order valence-corrected chi connectivity index (χ1v) is 6.52. The third-order valence-corrected chi connectivity index (χ3v) is 2.53. The molecule has 0 unspecified atom stereocenters. The second kappa shape index (κ2) is 6.88. The highest BCUT2D eigenvalue weighted by molar-refractivity contribution is 5.77. The molecule has 8 nitrogen and oxygen atoms in total. The number of hydrogen-bond donors (Lipinski definition) is 1. The minimum absolute atomic E-state index is 0.179. The summed E-state index contributed by atoms with van der Waals surface area (Å²) in [5, 5.41) is 19.9. The normalized spacial score (nSPS) is 10.9. The summed E-state index contributed by atoms with van der Waals surface area (Å²) < 4.78 is 5.13. The zero-order valence-electron chi connectivity index (χ0n) is 12.6. The number of nitro groups is 1. The quantitative estimate of drug-likeness (QED) is 0.660. The van der Waals surface area contributed by atoms with Gasteiger partial charge in [-0.2, -0.15) is 0 Å². The van der Waals surface area contributed by atoms with Crippen molar-refractivity contribution in [3.8, 4) is 0 Å². The fourth-order valence-corrected chi connectivity index (χ4v) is 1.70. The Morgan fingerprint density at radius 3 is 2.41 bits per heavy atom. The number of rotatable bonds is 5. The maximum absolute atomic E-state index is 12.1. The Labute approximate surface area is 127 Å². The molecule has 0 saturated heterocycles. The van der Waals surface area contributed by atoms with Crippen molar-refractivity contribution in [2.45, 2.75) is 32.9 Å². The maximum Gasteiger partial charge on any atom is 0.411 e. The van der Waals surface area contributed by atoms with Gasteiger partial charge in [-0.05, 0) is 20.8 Å². The minimum atomic E-state index is -1.23. The Kier molecular flexibility index (Phi) is 5.44. The van der Waals surface area contributed by atoms with E-state index < -0.39 is 29.1 Å². The van der Waals surface area contributed by atoms with Gasteiger partial charge in [0.1, 0.15) is 12.1 Å². The molecule has 0 radical (unpaired) electrons. The van der Waals surface area contributed by atoms with Gasteiger partial charge in [0.05, 0.1) is 11.5 Å². The van der Waals surface area contributed by atoms with Crippen molar-refractivity contribution in [1.29, 1.82) is 0 Å². The summed E-state index contributed by atoms with van der Waals surface area (Å²) in [6.45, 7) is 4.11. The number of ether oxygens (including phenoxy) is 1. The van der Waals surface area contributed by atoms with E-state index in [0.717, 1.165) is 4.90 Å². The average Bonchev–Trinajstić information content (AvgIpc) is 2.35. The molecule has 0 aliphatic heterocycles. The zero-order valence-corrected chi connectivity index (χ0v) is 12.6. The Morgan fingerprint density at radius 1 is 1.32 bits per heavy atom. The van der Waals surface area contributed by atoms with E-state index in [1.807, 2.05) is 0 Å². The van der Waals surface area contributed by atoms with Crippen LogP contribution in [-0.4, -0.2) is 39.1 Å². The molecule has 0 saturated carbocycles. The molecule has 0 spiro atoms. The predicted octanol–water partition coefficient (Wildman–Crippen LogP) is 2.42. The van der Waals surface area contributed by atoms with Crippen LogP contribution < -0.4 is 0 Å². The lowest BCUT2D eigenvalue weighted by atomic mass is 10.1. The topological polar surface area (TPSA) is 110 Å². The molecule has 0 heterocycles. The van der Waals surface area contributed by atoms with Crippen molar-refractivity contribution in [3.05, 3.63) is 39.9 Å². The summed E-state index contributed by atoms with van der Waals surface area (Å²) in [4.78, 5) is 34.3. The van der Waals surface area contributed by atoms with Crippen LogP contribution in [0.2, 0.25) is 0 Å². The van der Waals surface area contributed by atoms with Crippen LogP contribution in [0.5, 0.6) is 0 Å². The van der Waals surface area contributed by atoms with Gasteiger partial charge >= 0.3 is 12.1 Å². The van der Waals surface area contributed by atoms with Crippen LogP contribution in [0.4, 0.5) is 10.5 Å². The van der Waals surface area contributed by atoms with Gasteiger partial charge < -0.3 is 9.84 Å². The summed E-state index contributed by atoms with van der Waals surface area (Å²) in [6, 6.07) is 5.84. The summed E-state index contributed by atoms with van der Waals surface area (Å²) in [6.07, 6.45) is -0.840. The number of nitrogens with zero attached hydrogens (tertiary/aromatic N) is 2. The van der Waals surface area contributed by atoms with Crippen LogP contribution in [0.3, 0.4) is 0 Å². The second-order valence-corrected chi connectivity index (χ2v) is 5.62. The first-order chi connectivity index (χ1) is 10.1. The van der Waals surface area contributed by atoms with Gasteiger partial charge in [-0.1, -0.05) is 18.2 Å². The molecule has 120 valence electrons. The van der Waals surface area contributed by atoms with Crippen molar-refractivity contribution in [1.82, 2.24) is 4.90 Å². The first-order valence-electron chi connectivity index (χ1n) is 6.52. The van der Waals surface area contributed by atoms with Gasteiger partial charge in [0, 0.05) is 11.6 Å². The lowest BCUT2D eigenvalue weighted by Gasteiger charge is -2.26. The van der Waals surface area contributed by atoms with Gasteiger partial charge in [0.25, 0.3) is 5.69 Å². The molecule has 0 aliphatic carbocycles. The number of carboxylic acids is 1. The third-order valence-electron chi connectivity index (χ3n) is 2.53. The van der Waals surface area contributed by atoms with Gasteiger partial charge in [-0.25, -0.2) is 4.79 Å². The SMILES string of the molecule is CC(C)(C)OC(=O)N(CC(=O)O)Cc1ccccc1[N+](=O)[O-]. The van der Waals surface area contributed by atoms with Crippen LogP contribution in [0, 0.1) is 10.1 Å². The van der Waals surface area contributed by atoms with Gasteiger partial charge in [0.2, 0.25) is 0 Å². The highest BCUT2D eigenvalue weighted by Crippen LogP contribution is 2.20. The monoisotopic (exact) mass is 310 g/mol. The van der Waals surface area contributed by atoms with Crippen LogP contribution in [0.15, 0.2) is 24.3 Å². The molecular formula is C14H18N2O6. The Hall–Kier alpha value is -2.64. The standard InChI is InChI=1S/C14H18N2O6/c1-14(2,3)22-13(19)15(9-12(17)18)8-10-6-4-5-7-11(10)16(20)21/h4-7H,8-9H2,1-3H3,(H,17,18). The van der Waals surface area contributed by atoms with E-state index in [4.69, 9.17) is 9.84 Å². The molecular weight excluding hydrogens is 292 g/mol. The number of hydrogen-bond acceptors (Lipinski definition) is 5. The fourth-order valence-electron chi connectivity index (χ4n) is 1.70. The molecule has 1 aromatic rings. The summed E-state index contributed by atoms with van der Waals surface area (Å²) in [5.41, 5.74) is -0.739. The summed E-state index contributed by atoms with van der Waals surface area (Å²) in [7, 11) is 0. The lowest BCUT2D eigenvalue weighted by Crippen LogP contribution is -2.39. The van der Waals surface area contributed by atoms with E-state index >= 15 is 0 Å². The first kappa shape index (κ1) is 17.4. The number of amides is 1. The zero-order chi connectivity index (χ0) is 16.9. The number of nitro benzene ring substituents is 1. The van der Waals surface area contributed by atoms with E-state index in [1.54, 1.807) is 26.8 Å². The van der Waals surface area contributed by atoms with Crippen molar-refractivity contribution >= 4 is 17.7 Å². The van der Waals surface area contributed by atoms with Gasteiger partial charge in [-0.15, -0.1) is 0 Å². The van der Waals surface area contributed by atoms with E-state index in [2.05, 4.69) is 0 Å². The number of carbonyl (C=O) groups excluding carboxylic acids is 1. The largest absolute Gasteiger partial charge is 0.480 e. The highest BCUT2D eigenvalue weighted by Gasteiger charge is 2.26. The molecule has 0 fully saturated rings. The van der Waals surface area contributed by atoms with Crippen LogP contribution in [0.1, 0.15) is 26.3 Å². The molecule has 0 atom stereocenters. The predicted molar refractivity (Wildman–Crippen MR) is 77.4 cm³/mol. The Morgan fingerprint density at radius 2 is 1.91 bits per heavy atom. The molecule has 1 aromatic carbocycles. The number of benzene rings is 1. The van der Waals surface area contributed by atoms with Crippen molar-refractivity contribution < 1.29 is 24.4 Å². The summed E-state index contributed by atoms with van der Waals surface area (Å²) in [5.74, 6) is -1.23. The number of carbonyl (C=O) groups is 2. The molecule has 0 aromatic heterocycles. The molecule has 8 heteroatoms. The fraction of sp³-hybridized carbons (Fsp3) is 0.429. The maximum atomic E-state index is 12.1. The molecule has 1 rings (SSSR count). The van der Waals surface area contributed by atoms with Crippen LogP contribution in [0.25, 0.3) is 0 Å². The van der Waals surface area contributed by atoms with Crippen LogP contribution in [-0.2, 0) is 16.1 Å². The number of para-hydroxylation sites is 1. The average molecular weight is 310 g/mol. The Bertz CT molecular complexity index is 579. The number of aliphatic carboxylic acids is 1. The Balaban J connectivity index is 3.02. The highest BCUT2D eigenvalue weighted by atomic mass is 16.6. The van der Waals surface area contributed by atoms with Crippen LogP contribution >= 0.6 is 0 Å². The third kappa shape index (κ3) is 5.39.